The third-order valence-corrected chi connectivity index (χ3v) is 7.12. The third-order valence-electron chi connectivity index (χ3n) is 5.92. The third kappa shape index (κ3) is 5.39. The van der Waals surface area contributed by atoms with Crippen molar-refractivity contribution in [2.24, 2.45) is 11.8 Å². The Morgan fingerprint density at radius 2 is 1.93 bits per heavy atom. The molecule has 1 aromatic carbocycles. The molecule has 0 amide bonds. The van der Waals surface area contributed by atoms with Gasteiger partial charge in [0, 0.05) is 22.4 Å². The number of aromatic nitrogens is 2. The average Bonchev–Trinajstić information content (AvgIpc) is 3.42. The molecular formula is C24H28ClN3OS. The van der Waals surface area contributed by atoms with Crippen LogP contribution in [0.2, 0.25) is 5.02 Å². The van der Waals surface area contributed by atoms with Crippen molar-refractivity contribution in [1.29, 1.82) is 0 Å². The molecule has 3 aromatic rings. The van der Waals surface area contributed by atoms with Crippen LogP contribution in [0.5, 0.6) is 0 Å². The van der Waals surface area contributed by atoms with E-state index in [1.807, 2.05) is 41.7 Å². The maximum Gasteiger partial charge on any atom is 0.250 e. The molecule has 1 fully saturated rings. The standard InChI is InChI=1S/C24H28ClN3OS/c1-28(2)24(21-4-3-15-30-21)19-10-5-17(6-11-19)9-14-23-26-22(27-29-23)16-18-7-12-20(25)13-8-18/h3-4,7-9,12-15,17,19,24H,5-6,10-11,16H2,1-2H3/b14-9+. The van der Waals surface area contributed by atoms with Crippen LogP contribution in [0.1, 0.15) is 53.9 Å². The molecule has 1 aliphatic rings. The number of halogens is 1. The Morgan fingerprint density at radius 3 is 2.60 bits per heavy atom. The summed E-state index contributed by atoms with van der Waals surface area (Å²) < 4.78 is 5.41. The van der Waals surface area contributed by atoms with Crippen LogP contribution in [0, 0.1) is 11.8 Å². The summed E-state index contributed by atoms with van der Waals surface area (Å²) in [6.45, 7) is 0. The van der Waals surface area contributed by atoms with Crippen molar-refractivity contribution in [2.75, 3.05) is 14.1 Å². The Balaban J connectivity index is 1.31. The van der Waals surface area contributed by atoms with Gasteiger partial charge in [-0.2, -0.15) is 4.98 Å². The zero-order valence-electron chi connectivity index (χ0n) is 17.5. The van der Waals surface area contributed by atoms with Crippen molar-refractivity contribution >= 4 is 29.0 Å². The van der Waals surface area contributed by atoms with Crippen molar-refractivity contribution < 1.29 is 4.52 Å². The van der Waals surface area contributed by atoms with Crippen molar-refractivity contribution in [3.63, 3.8) is 0 Å². The molecule has 2 heterocycles. The Hall–Kier alpha value is -1.95. The molecule has 6 heteroatoms. The number of hydrogen-bond acceptors (Lipinski definition) is 5. The van der Waals surface area contributed by atoms with Crippen LogP contribution in [-0.4, -0.2) is 29.1 Å². The summed E-state index contributed by atoms with van der Waals surface area (Å²) in [7, 11) is 4.40. The smallest absolute Gasteiger partial charge is 0.250 e. The van der Waals surface area contributed by atoms with E-state index in [9.17, 15) is 0 Å². The van der Waals surface area contributed by atoms with Gasteiger partial charge in [0.05, 0.1) is 0 Å². The topological polar surface area (TPSA) is 42.2 Å². The lowest BCUT2D eigenvalue weighted by atomic mass is 9.77. The molecule has 4 rings (SSSR count). The number of allylic oxidation sites excluding steroid dienone is 1. The second-order valence-electron chi connectivity index (χ2n) is 8.31. The summed E-state index contributed by atoms with van der Waals surface area (Å²) in [5, 5.41) is 7.03. The molecule has 1 atom stereocenters. The highest BCUT2D eigenvalue weighted by atomic mass is 35.5. The maximum atomic E-state index is 5.94. The number of rotatable bonds is 7. The predicted molar refractivity (Wildman–Crippen MR) is 124 cm³/mol. The fourth-order valence-electron chi connectivity index (χ4n) is 4.43. The van der Waals surface area contributed by atoms with E-state index < -0.39 is 0 Å². The number of benzene rings is 1. The van der Waals surface area contributed by atoms with Crippen molar-refractivity contribution in [1.82, 2.24) is 15.0 Å². The van der Waals surface area contributed by atoms with Crippen LogP contribution >= 0.6 is 22.9 Å². The van der Waals surface area contributed by atoms with Crippen LogP contribution in [0.3, 0.4) is 0 Å². The molecule has 0 bridgehead atoms. The van der Waals surface area contributed by atoms with Gasteiger partial charge in [-0.05, 0) is 86.8 Å². The molecular weight excluding hydrogens is 414 g/mol. The Labute approximate surface area is 187 Å². The second kappa shape index (κ2) is 9.90. The lowest BCUT2D eigenvalue weighted by Crippen LogP contribution is -2.29. The molecule has 30 heavy (non-hydrogen) atoms. The summed E-state index contributed by atoms with van der Waals surface area (Å²) in [4.78, 5) is 8.38. The lowest BCUT2D eigenvalue weighted by molar-refractivity contribution is 0.162. The van der Waals surface area contributed by atoms with E-state index in [1.165, 1.54) is 30.6 Å². The van der Waals surface area contributed by atoms with Crippen molar-refractivity contribution in [3.8, 4) is 0 Å². The van der Waals surface area contributed by atoms with E-state index in [0.717, 1.165) is 16.5 Å². The zero-order valence-corrected chi connectivity index (χ0v) is 19.1. The molecule has 4 nitrogen and oxygen atoms in total. The van der Waals surface area contributed by atoms with Gasteiger partial charge in [-0.25, -0.2) is 0 Å². The maximum absolute atomic E-state index is 5.94. The number of hydrogen-bond donors (Lipinski definition) is 0. The van der Waals surface area contributed by atoms with Gasteiger partial charge in [-0.3, -0.25) is 0 Å². The molecule has 158 valence electrons. The summed E-state index contributed by atoms with van der Waals surface area (Å²) in [6.07, 6.45) is 9.82. The quantitative estimate of drug-likeness (QED) is 0.419. The molecule has 0 N–H and O–H groups in total. The van der Waals surface area contributed by atoms with E-state index in [2.05, 4.69) is 52.7 Å². The molecule has 1 saturated carbocycles. The first-order chi connectivity index (χ1) is 14.6. The van der Waals surface area contributed by atoms with E-state index in [1.54, 1.807) is 0 Å². The van der Waals surface area contributed by atoms with Gasteiger partial charge in [0.1, 0.15) is 0 Å². The molecule has 0 radical (unpaired) electrons. The van der Waals surface area contributed by atoms with Crippen LogP contribution < -0.4 is 0 Å². The highest BCUT2D eigenvalue weighted by molar-refractivity contribution is 7.10. The van der Waals surface area contributed by atoms with E-state index in [4.69, 9.17) is 16.1 Å². The fraction of sp³-hybridized carbons (Fsp3) is 0.417. The summed E-state index contributed by atoms with van der Waals surface area (Å²) in [6, 6.07) is 12.7. The summed E-state index contributed by atoms with van der Waals surface area (Å²) in [5.41, 5.74) is 1.12. The largest absolute Gasteiger partial charge is 0.335 e. The van der Waals surface area contributed by atoms with Gasteiger partial charge < -0.3 is 9.42 Å². The van der Waals surface area contributed by atoms with Crippen LogP contribution in [-0.2, 0) is 6.42 Å². The highest BCUT2D eigenvalue weighted by Gasteiger charge is 2.29. The summed E-state index contributed by atoms with van der Waals surface area (Å²) >= 11 is 7.82. The van der Waals surface area contributed by atoms with Gasteiger partial charge >= 0.3 is 0 Å². The first kappa shape index (κ1) is 21.3. The average molecular weight is 442 g/mol. The molecule has 1 aliphatic carbocycles. The zero-order chi connectivity index (χ0) is 20.9. The normalized spacial score (nSPS) is 20.8. The van der Waals surface area contributed by atoms with Gasteiger partial charge in [0.25, 0.3) is 0 Å². The second-order valence-corrected chi connectivity index (χ2v) is 9.73. The molecule has 0 aliphatic heterocycles. The molecule has 2 aromatic heterocycles. The number of nitrogens with zero attached hydrogens (tertiary/aromatic N) is 3. The molecule has 1 unspecified atom stereocenters. The van der Waals surface area contributed by atoms with Crippen molar-refractivity contribution in [2.45, 2.75) is 38.1 Å². The molecule has 0 spiro atoms. The van der Waals surface area contributed by atoms with Gasteiger partial charge in [0.15, 0.2) is 5.82 Å². The first-order valence-corrected chi connectivity index (χ1v) is 11.8. The fourth-order valence-corrected chi connectivity index (χ4v) is 5.57. The van der Waals surface area contributed by atoms with Crippen LogP contribution in [0.15, 0.2) is 52.4 Å². The minimum absolute atomic E-state index is 0.529. The van der Waals surface area contributed by atoms with Gasteiger partial charge in [0.2, 0.25) is 5.89 Å². The van der Waals surface area contributed by atoms with Gasteiger partial charge in [-0.1, -0.05) is 41.0 Å². The molecule has 0 saturated heterocycles. The van der Waals surface area contributed by atoms with E-state index >= 15 is 0 Å². The van der Waals surface area contributed by atoms with Crippen LogP contribution in [0.25, 0.3) is 6.08 Å². The van der Waals surface area contributed by atoms with E-state index in [-0.39, 0.29) is 0 Å². The van der Waals surface area contributed by atoms with Crippen molar-refractivity contribution in [3.05, 3.63) is 75.0 Å². The van der Waals surface area contributed by atoms with Crippen LogP contribution in [0.4, 0.5) is 0 Å². The lowest BCUT2D eigenvalue weighted by Gasteiger charge is -2.36. The Morgan fingerprint density at radius 1 is 1.17 bits per heavy atom. The minimum Gasteiger partial charge on any atom is -0.335 e. The van der Waals surface area contributed by atoms with Gasteiger partial charge in [-0.15, -0.1) is 11.3 Å². The van der Waals surface area contributed by atoms with E-state index in [0.29, 0.717) is 30.1 Å². The number of thiophene rings is 1. The first-order valence-electron chi connectivity index (χ1n) is 10.5. The monoisotopic (exact) mass is 441 g/mol. The predicted octanol–water partition coefficient (Wildman–Crippen LogP) is 6.50. The summed E-state index contributed by atoms with van der Waals surface area (Å²) in [5.74, 6) is 2.59. The Kier molecular flexibility index (Phi) is 7.03. The highest BCUT2D eigenvalue weighted by Crippen LogP contribution is 2.41. The Bertz CT molecular complexity index is 941. The SMILES string of the molecule is CN(C)C(c1cccs1)C1CCC(/C=C/c2nc(Cc3ccc(Cl)cc3)no2)CC1. The minimum atomic E-state index is 0.529.